The van der Waals surface area contributed by atoms with Crippen LogP contribution in [0.3, 0.4) is 0 Å². The quantitative estimate of drug-likeness (QED) is 0.647. The molecule has 23 heavy (non-hydrogen) atoms. The number of carbonyl (C=O) groups is 1. The first-order chi connectivity index (χ1) is 11.0. The molecule has 2 aromatic heterocycles. The average Bonchev–Trinajstić information content (AvgIpc) is 2.49. The Morgan fingerprint density at radius 3 is 2.78 bits per heavy atom. The molecule has 0 aliphatic heterocycles. The average molecular weight is 396 g/mol. The van der Waals surface area contributed by atoms with E-state index in [9.17, 15) is 14.7 Å². The molecule has 1 amide bonds. The number of pyridine rings is 1. The molecule has 0 spiro atoms. The summed E-state index contributed by atoms with van der Waals surface area (Å²) in [4.78, 5) is 28.2. The summed E-state index contributed by atoms with van der Waals surface area (Å²) >= 11 is 9.03. The van der Waals surface area contributed by atoms with Gasteiger partial charge in [-0.1, -0.05) is 11.6 Å². The van der Waals surface area contributed by atoms with E-state index in [4.69, 9.17) is 16.0 Å². The van der Waals surface area contributed by atoms with Crippen molar-refractivity contribution in [2.45, 2.75) is 0 Å². The highest BCUT2D eigenvalue weighted by molar-refractivity contribution is 9.10. The second-order valence-corrected chi connectivity index (χ2v) is 5.92. The number of aromatic nitrogens is 1. The van der Waals surface area contributed by atoms with Gasteiger partial charge in [0, 0.05) is 21.8 Å². The Kier molecular flexibility index (Phi) is 4.06. The van der Waals surface area contributed by atoms with Gasteiger partial charge < -0.3 is 14.8 Å². The van der Waals surface area contributed by atoms with Crippen LogP contribution in [-0.4, -0.2) is 16.0 Å². The Morgan fingerprint density at radius 1 is 1.30 bits per heavy atom. The van der Waals surface area contributed by atoms with Gasteiger partial charge in [-0.25, -0.2) is 9.78 Å². The van der Waals surface area contributed by atoms with Gasteiger partial charge in [-0.15, -0.1) is 0 Å². The van der Waals surface area contributed by atoms with Crippen molar-refractivity contribution in [2.75, 3.05) is 5.32 Å². The number of carbonyl (C=O) groups excluding carboxylic acids is 1. The predicted octanol–water partition coefficient (Wildman–Crippen LogP) is 3.56. The summed E-state index contributed by atoms with van der Waals surface area (Å²) in [7, 11) is 0. The molecule has 2 heterocycles. The Labute approximate surface area is 142 Å². The van der Waals surface area contributed by atoms with Gasteiger partial charge in [0.1, 0.15) is 17.2 Å². The number of aromatic hydroxyl groups is 1. The molecule has 116 valence electrons. The molecular formula is C15H8BrClN2O4. The summed E-state index contributed by atoms with van der Waals surface area (Å²) in [5, 5.41) is 13.2. The Bertz CT molecular complexity index is 970. The van der Waals surface area contributed by atoms with Crippen molar-refractivity contribution in [1.82, 2.24) is 4.98 Å². The lowest BCUT2D eigenvalue weighted by Crippen LogP contribution is -2.21. The maximum Gasteiger partial charge on any atom is 0.353 e. The predicted molar refractivity (Wildman–Crippen MR) is 89.0 cm³/mol. The van der Waals surface area contributed by atoms with E-state index in [2.05, 4.69) is 26.2 Å². The lowest BCUT2D eigenvalue weighted by atomic mass is 10.1. The highest BCUT2D eigenvalue weighted by Gasteiger charge is 2.21. The summed E-state index contributed by atoms with van der Waals surface area (Å²) < 4.78 is 5.78. The largest absolute Gasteiger partial charge is 0.506 e. The lowest BCUT2D eigenvalue weighted by Gasteiger charge is -2.07. The molecule has 0 fully saturated rings. The van der Waals surface area contributed by atoms with Crippen LogP contribution in [0.25, 0.3) is 11.0 Å². The maximum absolute atomic E-state index is 12.2. The molecule has 0 aliphatic rings. The lowest BCUT2D eigenvalue weighted by molar-refractivity contribution is 0.102. The Morgan fingerprint density at radius 2 is 2.09 bits per heavy atom. The van der Waals surface area contributed by atoms with Crippen molar-refractivity contribution < 1.29 is 14.3 Å². The normalized spacial score (nSPS) is 10.7. The van der Waals surface area contributed by atoms with Gasteiger partial charge in [0.25, 0.3) is 5.91 Å². The second-order valence-electron chi connectivity index (χ2n) is 4.57. The Hall–Kier alpha value is -2.38. The third-order valence-electron chi connectivity index (χ3n) is 3.04. The molecular weight excluding hydrogens is 388 g/mol. The summed E-state index contributed by atoms with van der Waals surface area (Å²) in [6.07, 6.45) is 1.49. The third kappa shape index (κ3) is 3.06. The van der Waals surface area contributed by atoms with Gasteiger partial charge in [0.15, 0.2) is 5.56 Å². The number of hydrogen-bond donors (Lipinski definition) is 2. The minimum atomic E-state index is -0.966. The number of halogens is 2. The van der Waals surface area contributed by atoms with Gasteiger partial charge in [-0.05, 0) is 40.2 Å². The van der Waals surface area contributed by atoms with Crippen molar-refractivity contribution in [2.24, 2.45) is 0 Å². The van der Waals surface area contributed by atoms with Crippen LogP contribution in [0.15, 0.2) is 50.2 Å². The number of rotatable bonds is 2. The number of amides is 1. The van der Waals surface area contributed by atoms with Crippen LogP contribution in [-0.2, 0) is 0 Å². The molecule has 0 radical (unpaired) electrons. The number of fused-ring (bicyclic) bond motifs is 1. The van der Waals surface area contributed by atoms with Crippen molar-refractivity contribution in [3.63, 3.8) is 0 Å². The zero-order valence-corrected chi connectivity index (χ0v) is 13.7. The highest BCUT2D eigenvalue weighted by atomic mass is 79.9. The van der Waals surface area contributed by atoms with Gasteiger partial charge >= 0.3 is 5.63 Å². The summed E-state index contributed by atoms with van der Waals surface area (Å²) in [5.74, 6) is -1.06. The Balaban J connectivity index is 2.05. The van der Waals surface area contributed by atoms with Crippen LogP contribution in [0.1, 0.15) is 10.4 Å². The fraction of sp³-hybridized carbons (Fsp3) is 0. The first-order valence-corrected chi connectivity index (χ1v) is 7.51. The number of nitrogens with zero attached hydrogens (tertiary/aromatic N) is 1. The van der Waals surface area contributed by atoms with Crippen molar-refractivity contribution in [3.05, 3.63) is 62.0 Å². The van der Waals surface area contributed by atoms with Gasteiger partial charge in [-0.3, -0.25) is 4.79 Å². The van der Waals surface area contributed by atoms with E-state index in [1.165, 1.54) is 24.4 Å². The minimum absolute atomic E-state index is 0.0957. The zero-order chi connectivity index (χ0) is 16.6. The first-order valence-electron chi connectivity index (χ1n) is 6.34. The summed E-state index contributed by atoms with van der Waals surface area (Å²) in [6.45, 7) is 0. The number of benzene rings is 1. The molecule has 6 nitrogen and oxygen atoms in total. The molecule has 3 aromatic rings. The molecule has 2 N–H and O–H groups in total. The van der Waals surface area contributed by atoms with E-state index in [0.29, 0.717) is 5.02 Å². The van der Waals surface area contributed by atoms with Crippen molar-refractivity contribution in [1.29, 1.82) is 0 Å². The fourth-order valence-corrected chi connectivity index (χ4v) is 2.38. The molecule has 3 rings (SSSR count). The molecule has 8 heteroatoms. The number of anilines is 1. The van der Waals surface area contributed by atoms with Crippen LogP contribution < -0.4 is 10.9 Å². The van der Waals surface area contributed by atoms with Gasteiger partial charge in [0.05, 0.1) is 5.39 Å². The highest BCUT2D eigenvalue weighted by Crippen LogP contribution is 2.28. The van der Waals surface area contributed by atoms with Crippen molar-refractivity contribution in [3.8, 4) is 5.75 Å². The standard InChI is InChI=1S/C15H8BrClN2O4/c16-7-1-4-11(18-6-7)19-14(21)12-13(20)9-3-2-8(17)5-10(9)23-15(12)22/h1-6,20H,(H,18,19,21). The monoisotopic (exact) mass is 394 g/mol. The molecule has 0 saturated carbocycles. The maximum atomic E-state index is 12.2. The molecule has 0 atom stereocenters. The van der Waals surface area contributed by atoms with Gasteiger partial charge in [-0.2, -0.15) is 0 Å². The van der Waals surface area contributed by atoms with E-state index < -0.39 is 22.8 Å². The number of nitrogens with one attached hydrogen (secondary N) is 1. The summed E-state index contributed by atoms with van der Waals surface area (Å²) in [6, 6.07) is 7.58. The van der Waals surface area contributed by atoms with E-state index in [1.54, 1.807) is 12.1 Å². The van der Waals surface area contributed by atoms with Crippen LogP contribution in [0.4, 0.5) is 5.82 Å². The van der Waals surface area contributed by atoms with Gasteiger partial charge in [0.2, 0.25) is 0 Å². The molecule has 0 bridgehead atoms. The van der Waals surface area contributed by atoms with E-state index in [-0.39, 0.29) is 16.8 Å². The molecule has 0 saturated heterocycles. The second kappa shape index (κ2) is 6.02. The smallest absolute Gasteiger partial charge is 0.353 e. The molecule has 1 aromatic carbocycles. The van der Waals surface area contributed by atoms with Crippen LogP contribution in [0.5, 0.6) is 5.75 Å². The number of hydrogen-bond acceptors (Lipinski definition) is 5. The van der Waals surface area contributed by atoms with Crippen LogP contribution >= 0.6 is 27.5 Å². The SMILES string of the molecule is O=C(Nc1ccc(Br)cn1)c1c(O)c2ccc(Cl)cc2oc1=O. The molecule has 0 aliphatic carbocycles. The van der Waals surface area contributed by atoms with E-state index in [0.717, 1.165) is 4.47 Å². The topological polar surface area (TPSA) is 92.4 Å². The van der Waals surface area contributed by atoms with E-state index >= 15 is 0 Å². The van der Waals surface area contributed by atoms with Crippen LogP contribution in [0, 0.1) is 0 Å². The van der Waals surface area contributed by atoms with Crippen LogP contribution in [0.2, 0.25) is 5.02 Å². The third-order valence-corrected chi connectivity index (χ3v) is 3.74. The zero-order valence-electron chi connectivity index (χ0n) is 11.3. The van der Waals surface area contributed by atoms with Crippen molar-refractivity contribution >= 4 is 50.2 Å². The summed E-state index contributed by atoms with van der Waals surface area (Å²) in [5.41, 5.74) is -1.37. The first kappa shape index (κ1) is 15.5. The van der Waals surface area contributed by atoms with E-state index in [1.807, 2.05) is 0 Å². The molecule has 0 unspecified atom stereocenters. The fourth-order valence-electron chi connectivity index (χ4n) is 1.99. The minimum Gasteiger partial charge on any atom is -0.506 e.